The molecule has 30 heavy (non-hydrogen) atoms. The van der Waals surface area contributed by atoms with E-state index in [-0.39, 0.29) is 6.42 Å². The lowest BCUT2D eigenvalue weighted by Crippen LogP contribution is -2.60. The van der Waals surface area contributed by atoms with Gasteiger partial charge in [-0.3, -0.25) is 9.59 Å². The van der Waals surface area contributed by atoms with Crippen molar-refractivity contribution >= 4 is 17.8 Å². The molecular formula is C20H32N6O4. The number of guanidine groups is 1. The van der Waals surface area contributed by atoms with E-state index in [1.807, 2.05) is 39.0 Å². The molecule has 0 saturated carbocycles. The molecule has 0 heterocycles. The third-order valence-electron chi connectivity index (χ3n) is 4.53. The molecule has 10 nitrogen and oxygen atoms in total. The van der Waals surface area contributed by atoms with Gasteiger partial charge in [0.15, 0.2) is 5.03 Å². The molecule has 0 aromatic heterocycles. The number of hydrogen-bond acceptors (Lipinski definition) is 5. The van der Waals surface area contributed by atoms with Crippen LogP contribution in [0.25, 0.3) is 0 Å². The lowest BCUT2D eigenvalue weighted by atomic mass is 9.97. The Balaban J connectivity index is 3.22. The standard InChI is InChI=1S/C20H32N6O4/c1-5-12-20(24-19(21)25-26(29)30,18(28)22-13-11-14(2)3)23-17(27)15(4)16-9-7-6-8-10-16/h6-10,14-15H,5,11-13H2,1-4H3,(H,22,28)(H,23,27)(H3,21,24,25)/t15-,20+/m0/s1. The maximum atomic E-state index is 13.1. The van der Waals surface area contributed by atoms with Crippen LogP contribution in [0.1, 0.15) is 58.4 Å². The molecule has 5 N–H and O–H groups in total. The molecule has 0 spiro atoms. The Morgan fingerprint density at radius 2 is 1.87 bits per heavy atom. The molecule has 0 unspecified atom stereocenters. The number of hydrazine groups is 1. The highest BCUT2D eigenvalue weighted by Gasteiger charge is 2.40. The fraction of sp³-hybridized carbons (Fsp3) is 0.550. The highest BCUT2D eigenvalue weighted by Crippen LogP contribution is 2.21. The van der Waals surface area contributed by atoms with E-state index in [9.17, 15) is 19.7 Å². The molecule has 0 radical (unpaired) electrons. The molecule has 0 fully saturated rings. The fourth-order valence-electron chi connectivity index (χ4n) is 2.88. The van der Waals surface area contributed by atoms with E-state index in [1.165, 1.54) is 0 Å². The van der Waals surface area contributed by atoms with Gasteiger partial charge >= 0.3 is 0 Å². The summed E-state index contributed by atoms with van der Waals surface area (Å²) < 4.78 is 0. The number of benzene rings is 1. The average Bonchev–Trinajstić information content (AvgIpc) is 2.67. The van der Waals surface area contributed by atoms with Crippen LogP contribution >= 0.6 is 0 Å². The van der Waals surface area contributed by atoms with Crippen LogP contribution in [0.15, 0.2) is 35.3 Å². The van der Waals surface area contributed by atoms with Gasteiger partial charge in [-0.25, -0.2) is 15.1 Å². The first-order valence-corrected chi connectivity index (χ1v) is 10.0. The molecule has 0 aliphatic carbocycles. The Labute approximate surface area is 176 Å². The third-order valence-corrected chi connectivity index (χ3v) is 4.53. The van der Waals surface area contributed by atoms with Crippen LogP contribution in [-0.4, -0.2) is 35.0 Å². The van der Waals surface area contributed by atoms with Crippen LogP contribution in [0.2, 0.25) is 0 Å². The van der Waals surface area contributed by atoms with Gasteiger partial charge in [0.1, 0.15) is 0 Å². The predicted octanol–water partition coefficient (Wildman–Crippen LogP) is 1.66. The lowest BCUT2D eigenvalue weighted by Gasteiger charge is -2.31. The zero-order valence-corrected chi connectivity index (χ0v) is 18.0. The lowest BCUT2D eigenvalue weighted by molar-refractivity contribution is -0.525. The van der Waals surface area contributed by atoms with Crippen molar-refractivity contribution < 1.29 is 14.6 Å². The van der Waals surface area contributed by atoms with E-state index < -0.39 is 34.4 Å². The molecule has 2 amide bonds. The molecule has 1 rings (SSSR count). The van der Waals surface area contributed by atoms with E-state index >= 15 is 0 Å². The molecular weight excluding hydrogens is 388 g/mol. The van der Waals surface area contributed by atoms with Crippen LogP contribution in [0.5, 0.6) is 0 Å². The summed E-state index contributed by atoms with van der Waals surface area (Å²) in [6.07, 6.45) is 1.33. The number of nitrogens with zero attached hydrogens (tertiary/aromatic N) is 2. The Hall–Kier alpha value is -3.17. The van der Waals surface area contributed by atoms with Crippen molar-refractivity contribution in [3.8, 4) is 0 Å². The minimum atomic E-state index is -1.76. The zero-order valence-electron chi connectivity index (χ0n) is 18.0. The number of nitro groups is 1. The number of hydrogen-bond donors (Lipinski definition) is 4. The van der Waals surface area contributed by atoms with Crippen LogP contribution in [0.3, 0.4) is 0 Å². The second-order valence-corrected chi connectivity index (χ2v) is 7.54. The molecule has 166 valence electrons. The highest BCUT2D eigenvalue weighted by atomic mass is 16.7. The second kappa shape index (κ2) is 11.7. The molecule has 0 aliphatic rings. The maximum absolute atomic E-state index is 13.1. The largest absolute Gasteiger partial charge is 0.365 e. The Kier molecular flexibility index (Phi) is 9.73. The van der Waals surface area contributed by atoms with Gasteiger partial charge in [0, 0.05) is 13.0 Å². The number of nitrogens with two attached hydrogens (primary N) is 1. The van der Waals surface area contributed by atoms with Crippen molar-refractivity contribution in [3.63, 3.8) is 0 Å². The molecule has 0 saturated heterocycles. The SMILES string of the molecule is CCC[C@](N=C(N)N[N+](=O)[O-])(NC(=O)[C@@H](C)c1ccccc1)C(=O)NCCC(C)C. The molecule has 2 atom stereocenters. The topological polar surface area (TPSA) is 152 Å². The second-order valence-electron chi connectivity index (χ2n) is 7.54. The highest BCUT2D eigenvalue weighted by molar-refractivity contribution is 5.95. The predicted molar refractivity (Wildman–Crippen MR) is 115 cm³/mol. The number of rotatable bonds is 11. The smallest absolute Gasteiger partial charge is 0.268 e. The normalized spacial score (nSPS) is 14.5. The molecule has 0 bridgehead atoms. The van der Waals surface area contributed by atoms with Gasteiger partial charge in [-0.05, 0) is 24.8 Å². The van der Waals surface area contributed by atoms with Gasteiger partial charge in [-0.1, -0.05) is 62.9 Å². The van der Waals surface area contributed by atoms with Crippen molar-refractivity contribution in [2.24, 2.45) is 16.6 Å². The first-order valence-electron chi connectivity index (χ1n) is 10.0. The van der Waals surface area contributed by atoms with E-state index in [0.29, 0.717) is 18.9 Å². The monoisotopic (exact) mass is 420 g/mol. The third kappa shape index (κ3) is 7.69. The van der Waals surface area contributed by atoms with Gasteiger partial charge in [0.2, 0.25) is 11.6 Å². The van der Waals surface area contributed by atoms with Gasteiger partial charge in [0.05, 0.1) is 5.92 Å². The Morgan fingerprint density at radius 1 is 1.23 bits per heavy atom. The summed E-state index contributed by atoms with van der Waals surface area (Å²) >= 11 is 0. The Bertz CT molecular complexity index is 753. The van der Waals surface area contributed by atoms with Gasteiger partial charge < -0.3 is 16.4 Å². The van der Waals surface area contributed by atoms with Crippen molar-refractivity contribution in [3.05, 3.63) is 46.0 Å². The first-order chi connectivity index (χ1) is 14.1. The summed E-state index contributed by atoms with van der Waals surface area (Å²) in [4.78, 5) is 40.8. The summed E-state index contributed by atoms with van der Waals surface area (Å²) in [5, 5.41) is 15.3. The summed E-state index contributed by atoms with van der Waals surface area (Å²) in [5.74, 6) is -1.77. The Morgan fingerprint density at radius 3 is 2.40 bits per heavy atom. The van der Waals surface area contributed by atoms with Gasteiger partial charge in [-0.2, -0.15) is 0 Å². The minimum absolute atomic E-state index is 0.119. The van der Waals surface area contributed by atoms with E-state index in [2.05, 4.69) is 15.6 Å². The zero-order chi connectivity index (χ0) is 22.7. The van der Waals surface area contributed by atoms with Crippen molar-refractivity contribution in [2.75, 3.05) is 6.54 Å². The summed E-state index contributed by atoms with van der Waals surface area (Å²) in [5.41, 5.74) is 6.37. The fourth-order valence-corrected chi connectivity index (χ4v) is 2.88. The van der Waals surface area contributed by atoms with Crippen molar-refractivity contribution in [1.82, 2.24) is 16.1 Å². The van der Waals surface area contributed by atoms with Gasteiger partial charge in [0.25, 0.3) is 11.9 Å². The quantitative estimate of drug-likeness (QED) is 0.185. The number of aliphatic imine (C=N–C) groups is 1. The summed E-state index contributed by atoms with van der Waals surface area (Å²) in [6.45, 7) is 7.94. The van der Waals surface area contributed by atoms with Crippen LogP contribution < -0.4 is 21.8 Å². The van der Waals surface area contributed by atoms with Gasteiger partial charge in [-0.15, -0.1) is 0 Å². The number of amides is 2. The molecule has 10 heteroatoms. The van der Waals surface area contributed by atoms with Crippen LogP contribution in [0, 0.1) is 16.0 Å². The van der Waals surface area contributed by atoms with Crippen molar-refractivity contribution in [2.45, 2.75) is 58.5 Å². The number of nitrogens with one attached hydrogen (secondary N) is 3. The van der Waals surface area contributed by atoms with Crippen molar-refractivity contribution in [1.29, 1.82) is 0 Å². The van der Waals surface area contributed by atoms with E-state index in [1.54, 1.807) is 24.5 Å². The first kappa shape index (κ1) is 24.9. The molecule has 1 aromatic carbocycles. The van der Waals surface area contributed by atoms with E-state index in [4.69, 9.17) is 5.73 Å². The minimum Gasteiger partial charge on any atom is -0.365 e. The molecule has 0 aliphatic heterocycles. The summed E-state index contributed by atoms with van der Waals surface area (Å²) in [6, 6.07) is 9.08. The maximum Gasteiger partial charge on any atom is 0.268 e. The van der Waals surface area contributed by atoms with Crippen LogP contribution in [0.4, 0.5) is 0 Å². The summed E-state index contributed by atoms with van der Waals surface area (Å²) in [7, 11) is 0. The van der Waals surface area contributed by atoms with Crippen LogP contribution in [-0.2, 0) is 9.59 Å². The average molecular weight is 421 g/mol. The number of carbonyl (C=O) groups excluding carboxylic acids is 2. The molecule has 1 aromatic rings. The van der Waals surface area contributed by atoms with E-state index in [0.717, 1.165) is 12.0 Å². The number of carbonyl (C=O) groups is 2.